The number of fused-ring (bicyclic) bond motifs is 2. The van der Waals surface area contributed by atoms with Gasteiger partial charge in [0.25, 0.3) is 5.91 Å². The van der Waals surface area contributed by atoms with Crippen molar-refractivity contribution >= 4 is 35.2 Å². The van der Waals surface area contributed by atoms with Gasteiger partial charge < -0.3 is 19.8 Å². The highest BCUT2D eigenvalue weighted by Crippen LogP contribution is 2.66. The molecular formula is C30H39N3O4S. The Morgan fingerprint density at radius 3 is 2.29 bits per heavy atom. The molecule has 1 aromatic carbocycles. The molecule has 3 amide bonds. The van der Waals surface area contributed by atoms with Gasteiger partial charge in [0.1, 0.15) is 6.04 Å². The summed E-state index contributed by atoms with van der Waals surface area (Å²) in [5, 5.41) is 10.5. The lowest BCUT2D eigenvalue weighted by atomic mass is 9.74. The largest absolute Gasteiger partial charge is 0.394 e. The standard InChI is InChI=1S/C30H39N3O4S/c1-18(2)16-21(17-34)33-25-28(37)32(24-19(3)10-7-11-20(24)4)15-9-13-30(25)23(27(33)36)22-26(35)31(6)14-8-12-29(22,5)38-30/h7-13,18,21-23,25,34H,14-17H2,1-6H3/t21-,22+,23+,25?,29-,30+/m1/s1. The van der Waals surface area contributed by atoms with Crippen LogP contribution in [0.2, 0.25) is 0 Å². The van der Waals surface area contributed by atoms with Gasteiger partial charge in [-0.2, -0.15) is 0 Å². The molecule has 0 aromatic heterocycles. The molecule has 8 heteroatoms. The van der Waals surface area contributed by atoms with Gasteiger partial charge >= 0.3 is 0 Å². The SMILES string of the molecule is Cc1cccc(C)c1N1CC=C[C@]23S[C@]4(C)C=CCN(C)C(=O)[C@@H]4[C@H]2C(=O)N([C@@H](CO)CC(C)C)C3C1=O. The number of aliphatic hydroxyl groups is 1. The van der Waals surface area contributed by atoms with Crippen molar-refractivity contribution in [2.45, 2.75) is 62.6 Å². The number of thioether (sulfide) groups is 1. The van der Waals surface area contributed by atoms with Crippen molar-refractivity contribution in [3.05, 3.63) is 53.6 Å². The molecule has 6 atom stereocenters. The highest BCUT2D eigenvalue weighted by molar-refractivity contribution is 8.02. The molecule has 2 saturated heterocycles. The zero-order chi connectivity index (χ0) is 27.6. The smallest absolute Gasteiger partial charge is 0.251 e. The van der Waals surface area contributed by atoms with Crippen molar-refractivity contribution in [2.75, 3.05) is 31.6 Å². The van der Waals surface area contributed by atoms with Gasteiger partial charge in [-0.15, -0.1) is 11.8 Å². The van der Waals surface area contributed by atoms with E-state index in [2.05, 4.69) is 19.9 Å². The molecule has 2 fully saturated rings. The number of amides is 3. The fourth-order valence-electron chi connectivity index (χ4n) is 7.23. The summed E-state index contributed by atoms with van der Waals surface area (Å²) in [5.41, 5.74) is 2.84. The molecule has 1 unspecified atom stereocenters. The predicted molar refractivity (Wildman–Crippen MR) is 151 cm³/mol. The highest BCUT2D eigenvalue weighted by Gasteiger charge is 2.74. The van der Waals surface area contributed by atoms with Crippen molar-refractivity contribution in [1.29, 1.82) is 0 Å². The Bertz CT molecular complexity index is 1210. The molecular weight excluding hydrogens is 498 g/mol. The summed E-state index contributed by atoms with van der Waals surface area (Å²) in [4.78, 5) is 48.2. The van der Waals surface area contributed by atoms with E-state index in [4.69, 9.17) is 0 Å². The number of likely N-dealkylation sites (tertiary alicyclic amines) is 1. The average molecular weight is 538 g/mol. The molecule has 0 radical (unpaired) electrons. The summed E-state index contributed by atoms with van der Waals surface area (Å²) in [7, 11) is 1.77. The number of rotatable bonds is 5. The Morgan fingerprint density at radius 1 is 1.00 bits per heavy atom. The fraction of sp³-hybridized carbons (Fsp3) is 0.567. The minimum atomic E-state index is -0.915. The first kappa shape index (κ1) is 27.0. The van der Waals surface area contributed by atoms with Crippen LogP contribution in [0, 0.1) is 31.6 Å². The third-order valence-corrected chi connectivity index (χ3v) is 10.6. The summed E-state index contributed by atoms with van der Waals surface area (Å²) >= 11 is 1.58. The van der Waals surface area contributed by atoms with Crippen LogP contribution in [-0.4, -0.2) is 80.9 Å². The number of anilines is 1. The van der Waals surface area contributed by atoms with Crippen molar-refractivity contribution < 1.29 is 19.5 Å². The number of para-hydroxylation sites is 1. The van der Waals surface area contributed by atoms with Crippen LogP contribution in [0.5, 0.6) is 0 Å². The van der Waals surface area contributed by atoms with Crippen molar-refractivity contribution in [1.82, 2.24) is 9.80 Å². The molecule has 7 nitrogen and oxygen atoms in total. The molecule has 1 aromatic rings. The quantitative estimate of drug-likeness (QED) is 0.583. The van der Waals surface area contributed by atoms with Crippen LogP contribution in [0.1, 0.15) is 38.3 Å². The van der Waals surface area contributed by atoms with Gasteiger partial charge in [-0.3, -0.25) is 14.4 Å². The van der Waals surface area contributed by atoms with Crippen LogP contribution >= 0.6 is 11.8 Å². The molecule has 0 bridgehead atoms. The number of carbonyl (C=O) groups is 3. The third-order valence-electron chi connectivity index (χ3n) is 8.75. The second kappa shape index (κ2) is 9.56. The minimum Gasteiger partial charge on any atom is -0.394 e. The maximum absolute atomic E-state index is 14.7. The molecule has 4 aliphatic heterocycles. The molecule has 1 N–H and O–H groups in total. The number of hydrogen-bond donors (Lipinski definition) is 1. The van der Waals surface area contributed by atoms with E-state index in [-0.39, 0.29) is 30.2 Å². The summed E-state index contributed by atoms with van der Waals surface area (Å²) in [6.07, 6.45) is 8.68. The summed E-state index contributed by atoms with van der Waals surface area (Å²) in [6, 6.07) is 4.65. The molecule has 0 saturated carbocycles. The van der Waals surface area contributed by atoms with Gasteiger partial charge in [0.05, 0.1) is 29.2 Å². The van der Waals surface area contributed by atoms with E-state index in [1.165, 1.54) is 0 Å². The second-order valence-electron chi connectivity index (χ2n) is 11.9. The molecule has 4 aliphatic rings. The van der Waals surface area contributed by atoms with Crippen LogP contribution in [-0.2, 0) is 14.4 Å². The van der Waals surface area contributed by atoms with E-state index in [0.717, 1.165) is 16.8 Å². The Morgan fingerprint density at radius 2 is 1.66 bits per heavy atom. The number of benzene rings is 1. The lowest BCUT2D eigenvalue weighted by Gasteiger charge is -2.40. The summed E-state index contributed by atoms with van der Waals surface area (Å²) in [6.45, 7) is 10.8. The number of likely N-dealkylation sites (N-methyl/N-ethyl adjacent to an activating group) is 1. The maximum atomic E-state index is 14.7. The van der Waals surface area contributed by atoms with E-state index >= 15 is 0 Å². The number of hydrogen-bond acceptors (Lipinski definition) is 5. The van der Waals surface area contributed by atoms with Gasteiger partial charge in [0.15, 0.2) is 0 Å². The van der Waals surface area contributed by atoms with E-state index in [1.807, 2.05) is 57.2 Å². The second-order valence-corrected chi connectivity index (χ2v) is 13.7. The Balaban J connectivity index is 1.71. The molecule has 38 heavy (non-hydrogen) atoms. The molecule has 204 valence electrons. The van der Waals surface area contributed by atoms with Gasteiger partial charge in [0.2, 0.25) is 11.8 Å². The third kappa shape index (κ3) is 3.86. The molecule has 1 spiro atoms. The van der Waals surface area contributed by atoms with Crippen molar-refractivity contribution in [3.63, 3.8) is 0 Å². The Hall–Kier alpha value is -2.58. The van der Waals surface area contributed by atoms with E-state index in [0.29, 0.717) is 19.5 Å². The van der Waals surface area contributed by atoms with Gasteiger partial charge in [0, 0.05) is 30.6 Å². The lowest BCUT2D eigenvalue weighted by Crippen LogP contribution is -2.57. The van der Waals surface area contributed by atoms with E-state index < -0.39 is 33.4 Å². The van der Waals surface area contributed by atoms with E-state index in [1.54, 1.807) is 33.5 Å². The number of nitrogens with zero attached hydrogens (tertiary/aromatic N) is 3. The van der Waals surface area contributed by atoms with Crippen LogP contribution in [0.25, 0.3) is 0 Å². The van der Waals surface area contributed by atoms with Crippen LogP contribution < -0.4 is 4.90 Å². The minimum absolute atomic E-state index is 0.0677. The average Bonchev–Trinajstić information content (AvgIpc) is 3.13. The Kier molecular flexibility index (Phi) is 6.79. The van der Waals surface area contributed by atoms with Crippen LogP contribution in [0.3, 0.4) is 0 Å². The first-order valence-corrected chi connectivity index (χ1v) is 14.4. The van der Waals surface area contributed by atoms with Gasteiger partial charge in [-0.1, -0.05) is 56.4 Å². The zero-order valence-electron chi connectivity index (χ0n) is 23.2. The molecule has 4 heterocycles. The van der Waals surface area contributed by atoms with Crippen molar-refractivity contribution in [2.24, 2.45) is 17.8 Å². The molecule has 0 aliphatic carbocycles. The lowest BCUT2D eigenvalue weighted by molar-refractivity contribution is -0.145. The predicted octanol–water partition coefficient (Wildman–Crippen LogP) is 3.33. The maximum Gasteiger partial charge on any atom is 0.251 e. The number of aliphatic hydroxyl groups excluding tert-OH is 1. The fourth-order valence-corrected chi connectivity index (χ4v) is 9.37. The monoisotopic (exact) mass is 537 g/mol. The van der Waals surface area contributed by atoms with Gasteiger partial charge in [-0.05, 0) is 44.2 Å². The van der Waals surface area contributed by atoms with E-state index in [9.17, 15) is 19.5 Å². The first-order valence-electron chi connectivity index (χ1n) is 13.6. The first-order chi connectivity index (χ1) is 18.0. The zero-order valence-corrected chi connectivity index (χ0v) is 24.0. The number of carbonyl (C=O) groups excluding carboxylic acids is 3. The number of aryl methyl sites for hydroxylation is 2. The summed E-state index contributed by atoms with van der Waals surface area (Å²) in [5.74, 6) is -1.49. The summed E-state index contributed by atoms with van der Waals surface area (Å²) < 4.78 is -1.54. The van der Waals surface area contributed by atoms with Gasteiger partial charge in [-0.25, -0.2) is 0 Å². The normalized spacial score (nSPS) is 33.4. The highest BCUT2D eigenvalue weighted by atomic mass is 32.2. The van der Waals surface area contributed by atoms with Crippen LogP contribution in [0.15, 0.2) is 42.5 Å². The van der Waals surface area contributed by atoms with Crippen LogP contribution in [0.4, 0.5) is 5.69 Å². The van der Waals surface area contributed by atoms with Crippen molar-refractivity contribution in [3.8, 4) is 0 Å². The Labute approximate surface area is 229 Å². The molecule has 5 rings (SSSR count). The topological polar surface area (TPSA) is 81.2 Å².